The van der Waals surface area contributed by atoms with E-state index in [-0.39, 0.29) is 77.0 Å². The van der Waals surface area contributed by atoms with Crippen LogP contribution in [0.3, 0.4) is 0 Å². The summed E-state index contributed by atoms with van der Waals surface area (Å²) in [5.74, 6) is -7.35. The first-order valence-corrected chi connectivity index (χ1v) is 19.6. The Bertz CT molecular complexity index is 1340. The van der Waals surface area contributed by atoms with Gasteiger partial charge in [0, 0.05) is 77.0 Å². The minimum Gasteiger partial charge on any atom is -0.446 e. The van der Waals surface area contributed by atoms with Gasteiger partial charge in [0.2, 0.25) is 6.10 Å². The van der Waals surface area contributed by atoms with Crippen LogP contribution in [-0.4, -0.2) is 92.2 Å². The summed E-state index contributed by atoms with van der Waals surface area (Å²) in [7, 11) is 0. The van der Waals surface area contributed by atoms with Gasteiger partial charge in [-0.05, 0) is 56.8 Å². The summed E-state index contributed by atoms with van der Waals surface area (Å²) < 4.78 is 5.15. The van der Waals surface area contributed by atoms with Crippen LogP contribution in [-0.2, 0) is 76.8 Å². The third-order valence-electron chi connectivity index (χ3n) is 10.4. The molecule has 0 N–H and O–H groups in total. The first-order chi connectivity index (χ1) is 27.2. The highest BCUT2D eigenvalue weighted by Gasteiger charge is 2.37. The Morgan fingerprint density at radius 1 is 0.404 bits per heavy atom. The molecular weight excluding hydrogens is 754 g/mol. The highest BCUT2D eigenvalue weighted by molar-refractivity contribution is 6.12. The van der Waals surface area contributed by atoms with Crippen LogP contribution in [0.15, 0.2) is 0 Å². The topological polar surface area (TPSA) is 251 Å². The zero-order valence-corrected chi connectivity index (χ0v) is 31.9. The minimum atomic E-state index is -1.37. The van der Waals surface area contributed by atoms with Crippen LogP contribution in [0.1, 0.15) is 154 Å². The largest absolute Gasteiger partial charge is 0.446 e. The zero-order valence-electron chi connectivity index (χ0n) is 31.9. The van der Waals surface area contributed by atoms with E-state index in [2.05, 4.69) is 0 Å². The summed E-state index contributed by atoms with van der Waals surface area (Å²) >= 11 is 0. The number of nitrogens with zero attached hydrogens (tertiary/aromatic N) is 3. The van der Waals surface area contributed by atoms with Crippen molar-refractivity contribution in [3.8, 4) is 0 Å². The monoisotopic (exact) mass is 803 g/mol. The Morgan fingerprint density at radius 2 is 0.667 bits per heavy atom. The Hall–Kier alpha value is -5.36. The van der Waals surface area contributed by atoms with Crippen molar-refractivity contribution in [2.75, 3.05) is 0 Å². The summed E-state index contributed by atoms with van der Waals surface area (Å²) in [5, 5.41) is 1.45. The van der Waals surface area contributed by atoms with Crippen LogP contribution < -0.4 is 0 Å². The fraction of sp³-hybridized carbons (Fsp3) is 0.684. The molecule has 0 atom stereocenters. The molecule has 57 heavy (non-hydrogen) atoms. The lowest BCUT2D eigenvalue weighted by Crippen LogP contribution is -2.32. The third-order valence-corrected chi connectivity index (χ3v) is 10.4. The third kappa shape index (κ3) is 13.4. The van der Waals surface area contributed by atoms with Crippen LogP contribution in [0.5, 0.6) is 0 Å². The standard InChI is InChI=1S/C38H49N3O16/c42-25-13-14-26(43)37(25)54-33(50)9-1-5-21-38(22-6-2-10-34(51)55-39-27(44)15-16-28(39)45,23-7-3-11-35(52)56-40-29(46)17-18-30(40)47)24-8-4-12-36(53)57-41-31(48)19-20-32(41)49/h37H,1-24H2. The van der Waals surface area contributed by atoms with Gasteiger partial charge in [0.25, 0.3) is 35.4 Å². The molecule has 19 heteroatoms. The van der Waals surface area contributed by atoms with Crippen molar-refractivity contribution in [3.05, 3.63) is 0 Å². The van der Waals surface area contributed by atoms with Crippen molar-refractivity contribution < 1.29 is 76.8 Å². The number of carbonyl (C=O) groups excluding carboxylic acids is 12. The van der Waals surface area contributed by atoms with E-state index in [1.807, 2.05) is 0 Å². The average molecular weight is 804 g/mol. The number of carbonyl (C=O) groups is 12. The summed E-state index contributed by atoms with van der Waals surface area (Å²) in [6.45, 7) is 0. The molecule has 3 saturated heterocycles. The van der Waals surface area contributed by atoms with E-state index >= 15 is 0 Å². The number of hydrogen-bond acceptors (Lipinski definition) is 16. The molecule has 312 valence electrons. The highest BCUT2D eigenvalue weighted by atomic mass is 16.7. The molecule has 0 aromatic carbocycles. The molecule has 0 bridgehead atoms. The number of esters is 1. The molecule has 3 aliphatic heterocycles. The van der Waals surface area contributed by atoms with Gasteiger partial charge in [-0.2, -0.15) is 0 Å². The van der Waals surface area contributed by atoms with Crippen LogP contribution in [0.4, 0.5) is 0 Å². The number of Topliss-reactive ketones (excluding diaryl/α,β-unsaturated/α-hetero) is 2. The number of amides is 6. The van der Waals surface area contributed by atoms with E-state index in [1.165, 1.54) is 0 Å². The number of imide groups is 3. The van der Waals surface area contributed by atoms with E-state index in [0.717, 1.165) is 0 Å². The lowest BCUT2D eigenvalue weighted by molar-refractivity contribution is -0.197. The second kappa shape index (κ2) is 21.2. The van der Waals surface area contributed by atoms with Crippen LogP contribution >= 0.6 is 0 Å². The van der Waals surface area contributed by atoms with Gasteiger partial charge < -0.3 is 19.2 Å². The molecule has 0 aromatic heterocycles. The molecule has 0 unspecified atom stereocenters. The maximum absolute atomic E-state index is 12.5. The second-order valence-corrected chi connectivity index (χ2v) is 14.8. The predicted octanol–water partition coefficient (Wildman–Crippen LogP) is 2.88. The molecule has 0 radical (unpaired) electrons. The lowest BCUT2D eigenvalue weighted by atomic mass is 9.70. The fourth-order valence-electron chi connectivity index (χ4n) is 7.25. The van der Waals surface area contributed by atoms with E-state index in [0.29, 0.717) is 92.2 Å². The Labute approximate surface area is 328 Å². The molecule has 19 nitrogen and oxygen atoms in total. The van der Waals surface area contributed by atoms with Gasteiger partial charge in [-0.15, -0.1) is 15.2 Å². The van der Waals surface area contributed by atoms with Crippen molar-refractivity contribution in [1.29, 1.82) is 0 Å². The van der Waals surface area contributed by atoms with Gasteiger partial charge in [-0.25, -0.2) is 14.4 Å². The van der Waals surface area contributed by atoms with Crippen LogP contribution in [0, 0.1) is 5.41 Å². The van der Waals surface area contributed by atoms with Crippen LogP contribution in [0.25, 0.3) is 0 Å². The molecule has 4 fully saturated rings. The number of rotatable bonds is 24. The van der Waals surface area contributed by atoms with Gasteiger partial charge in [-0.1, -0.05) is 25.7 Å². The number of unbranched alkanes of at least 4 members (excludes halogenated alkanes) is 4. The maximum Gasteiger partial charge on any atom is 0.333 e. The summed E-state index contributed by atoms with van der Waals surface area (Å²) in [4.78, 5) is 160. The van der Waals surface area contributed by atoms with E-state index in [9.17, 15) is 57.5 Å². The molecular formula is C38H49N3O16. The van der Waals surface area contributed by atoms with E-state index < -0.39 is 82.4 Å². The first-order valence-electron chi connectivity index (χ1n) is 19.6. The van der Waals surface area contributed by atoms with Gasteiger partial charge in [0.15, 0.2) is 11.6 Å². The molecule has 0 spiro atoms. The SMILES string of the molecule is O=C(CCCCC(CCCCC(=O)ON1C(=O)CCC1=O)(CCCCC(=O)ON1C(=O)CCC1=O)CCCCC(=O)ON1C(=O)CCC1=O)OC1C(=O)CCC1=O. The number of hydroxylamine groups is 6. The van der Waals surface area contributed by atoms with Crippen molar-refractivity contribution in [2.45, 2.75) is 160 Å². The van der Waals surface area contributed by atoms with E-state index in [4.69, 9.17) is 19.2 Å². The minimum absolute atomic E-state index is 0.0317. The van der Waals surface area contributed by atoms with Crippen molar-refractivity contribution in [3.63, 3.8) is 0 Å². The van der Waals surface area contributed by atoms with Gasteiger partial charge in [0.05, 0.1) is 0 Å². The first kappa shape index (κ1) is 44.4. The predicted molar refractivity (Wildman–Crippen MR) is 187 cm³/mol. The maximum atomic E-state index is 12.5. The van der Waals surface area contributed by atoms with Crippen molar-refractivity contribution in [1.82, 2.24) is 15.2 Å². The highest BCUT2D eigenvalue weighted by Crippen LogP contribution is 2.42. The van der Waals surface area contributed by atoms with Gasteiger partial charge >= 0.3 is 23.9 Å². The normalized spacial score (nSPS) is 17.7. The van der Waals surface area contributed by atoms with Crippen molar-refractivity contribution in [2.24, 2.45) is 5.41 Å². The molecule has 4 aliphatic rings. The lowest BCUT2D eigenvalue weighted by Gasteiger charge is -2.35. The van der Waals surface area contributed by atoms with Gasteiger partial charge in [0.1, 0.15) is 0 Å². The second-order valence-electron chi connectivity index (χ2n) is 14.8. The smallest absolute Gasteiger partial charge is 0.333 e. The summed E-state index contributed by atoms with van der Waals surface area (Å²) in [6, 6.07) is 0. The number of ether oxygens (including phenoxy) is 1. The van der Waals surface area contributed by atoms with Crippen molar-refractivity contribution >= 4 is 70.9 Å². The van der Waals surface area contributed by atoms with Crippen LogP contribution in [0.2, 0.25) is 0 Å². The Morgan fingerprint density at radius 3 is 0.947 bits per heavy atom. The quantitative estimate of drug-likeness (QED) is 0.0589. The Balaban J connectivity index is 1.37. The fourth-order valence-corrected chi connectivity index (χ4v) is 7.25. The molecule has 1 saturated carbocycles. The zero-order chi connectivity index (χ0) is 41.5. The molecule has 3 heterocycles. The average Bonchev–Trinajstić information content (AvgIpc) is 3.88. The number of ketones is 2. The summed E-state index contributed by atoms with van der Waals surface area (Å²) in [5.41, 5.74) is -0.471. The molecule has 4 rings (SSSR count). The molecule has 1 aliphatic carbocycles. The Kier molecular flexibility index (Phi) is 16.5. The summed E-state index contributed by atoms with van der Waals surface area (Å²) in [6.07, 6.45) is 3.66. The number of hydrogen-bond donors (Lipinski definition) is 0. The molecule has 6 amide bonds. The van der Waals surface area contributed by atoms with Gasteiger partial charge in [-0.3, -0.25) is 43.2 Å². The van der Waals surface area contributed by atoms with E-state index in [1.54, 1.807) is 0 Å². The molecule has 0 aromatic rings.